The molecule has 6 nitrogen and oxygen atoms in total. The van der Waals surface area contributed by atoms with Crippen molar-refractivity contribution in [1.82, 2.24) is 15.0 Å². The standard InChI is InChI=1S/C17H27N3O3/c1-4-5-6-15(21)12-19-7-9-20(10-8-19)17(22)11-16-13(2)18-23-14(16)3/h4,15,21H,1,5-12H2,2-3H3. The van der Waals surface area contributed by atoms with Crippen LogP contribution in [0, 0.1) is 13.8 Å². The minimum absolute atomic E-state index is 0.117. The van der Waals surface area contributed by atoms with E-state index in [9.17, 15) is 9.90 Å². The number of allylic oxidation sites excluding steroid dienone is 1. The maximum Gasteiger partial charge on any atom is 0.227 e. The first-order valence-electron chi connectivity index (χ1n) is 8.22. The summed E-state index contributed by atoms with van der Waals surface area (Å²) in [6.45, 7) is 11.1. The topological polar surface area (TPSA) is 69.8 Å². The van der Waals surface area contributed by atoms with Crippen LogP contribution in [-0.4, -0.2) is 64.8 Å². The monoisotopic (exact) mass is 321 g/mol. The van der Waals surface area contributed by atoms with Crippen LogP contribution in [0.5, 0.6) is 0 Å². The lowest BCUT2D eigenvalue weighted by Gasteiger charge is -2.35. The number of hydrogen-bond acceptors (Lipinski definition) is 5. The molecule has 2 rings (SSSR count). The predicted molar refractivity (Wildman–Crippen MR) is 88.1 cm³/mol. The Hall–Kier alpha value is -1.66. The number of aryl methyl sites for hydroxylation is 2. The highest BCUT2D eigenvalue weighted by atomic mass is 16.5. The number of piperazine rings is 1. The van der Waals surface area contributed by atoms with Crippen LogP contribution >= 0.6 is 0 Å². The molecule has 0 bridgehead atoms. The van der Waals surface area contributed by atoms with Gasteiger partial charge in [0.2, 0.25) is 5.91 Å². The highest BCUT2D eigenvalue weighted by molar-refractivity contribution is 5.79. The minimum Gasteiger partial charge on any atom is -0.392 e. The van der Waals surface area contributed by atoms with Crippen molar-refractivity contribution in [2.45, 2.75) is 39.2 Å². The van der Waals surface area contributed by atoms with Crippen LogP contribution in [0.25, 0.3) is 0 Å². The van der Waals surface area contributed by atoms with Gasteiger partial charge in [0, 0.05) is 38.3 Å². The van der Waals surface area contributed by atoms with Gasteiger partial charge in [-0.1, -0.05) is 11.2 Å². The molecule has 2 heterocycles. The number of aliphatic hydroxyl groups is 1. The zero-order chi connectivity index (χ0) is 16.8. The molecule has 0 spiro atoms. The first kappa shape index (κ1) is 17.7. The minimum atomic E-state index is -0.322. The summed E-state index contributed by atoms with van der Waals surface area (Å²) in [4.78, 5) is 16.5. The number of aromatic nitrogens is 1. The van der Waals surface area contributed by atoms with Crippen LogP contribution in [0.1, 0.15) is 29.9 Å². The second kappa shape index (κ2) is 8.26. The van der Waals surface area contributed by atoms with E-state index in [0.29, 0.717) is 26.1 Å². The Morgan fingerprint density at radius 3 is 2.65 bits per heavy atom. The van der Waals surface area contributed by atoms with Crippen molar-refractivity contribution in [3.05, 3.63) is 29.7 Å². The third kappa shape index (κ3) is 4.91. The maximum atomic E-state index is 12.4. The average Bonchev–Trinajstić information content (AvgIpc) is 2.85. The molecular weight excluding hydrogens is 294 g/mol. The van der Waals surface area contributed by atoms with Gasteiger partial charge in [0.05, 0.1) is 18.2 Å². The lowest BCUT2D eigenvalue weighted by Crippen LogP contribution is -2.50. The third-order valence-electron chi connectivity index (χ3n) is 4.41. The average molecular weight is 321 g/mol. The van der Waals surface area contributed by atoms with Crippen LogP contribution in [-0.2, 0) is 11.2 Å². The van der Waals surface area contributed by atoms with Gasteiger partial charge >= 0.3 is 0 Å². The smallest absolute Gasteiger partial charge is 0.227 e. The van der Waals surface area contributed by atoms with Crippen molar-refractivity contribution < 1.29 is 14.4 Å². The number of nitrogens with zero attached hydrogens (tertiary/aromatic N) is 3. The Kier molecular flexibility index (Phi) is 6.36. The Bertz CT molecular complexity index is 514. The summed E-state index contributed by atoms with van der Waals surface area (Å²) in [5, 5.41) is 13.8. The molecule has 1 saturated heterocycles. The Morgan fingerprint density at radius 2 is 2.09 bits per heavy atom. The van der Waals surface area contributed by atoms with Crippen LogP contribution in [0.4, 0.5) is 0 Å². The fourth-order valence-electron chi connectivity index (χ4n) is 2.90. The summed E-state index contributed by atoms with van der Waals surface area (Å²) in [5.74, 6) is 0.839. The van der Waals surface area contributed by atoms with Gasteiger partial charge in [-0.05, 0) is 26.7 Å². The summed E-state index contributed by atoms with van der Waals surface area (Å²) in [6.07, 6.45) is 3.43. The van der Waals surface area contributed by atoms with Gasteiger partial charge in [0.25, 0.3) is 0 Å². The van der Waals surface area contributed by atoms with E-state index in [1.807, 2.05) is 24.8 Å². The largest absolute Gasteiger partial charge is 0.392 e. The fourth-order valence-corrected chi connectivity index (χ4v) is 2.90. The quantitative estimate of drug-likeness (QED) is 0.767. The molecule has 1 N–H and O–H groups in total. The molecule has 1 amide bonds. The van der Waals surface area contributed by atoms with Crippen molar-refractivity contribution in [3.8, 4) is 0 Å². The molecular formula is C17H27N3O3. The number of carbonyl (C=O) groups is 1. The number of amides is 1. The summed E-state index contributed by atoms with van der Waals surface area (Å²) in [5.41, 5.74) is 1.69. The molecule has 1 aliphatic rings. The van der Waals surface area contributed by atoms with Crippen LogP contribution < -0.4 is 0 Å². The van der Waals surface area contributed by atoms with E-state index in [4.69, 9.17) is 4.52 Å². The molecule has 0 radical (unpaired) electrons. The summed E-state index contributed by atoms with van der Waals surface area (Å²) < 4.78 is 5.11. The molecule has 1 atom stereocenters. The lowest BCUT2D eigenvalue weighted by atomic mass is 10.1. The number of rotatable bonds is 7. The van der Waals surface area contributed by atoms with Gasteiger partial charge in [0.15, 0.2) is 0 Å². The van der Waals surface area contributed by atoms with Gasteiger partial charge in [0.1, 0.15) is 5.76 Å². The number of β-amino-alcohol motifs (C(OH)–C–C–N with tert-alkyl or cyclic N) is 1. The second-order valence-corrected chi connectivity index (χ2v) is 6.18. The molecule has 128 valence electrons. The zero-order valence-corrected chi connectivity index (χ0v) is 14.1. The SMILES string of the molecule is C=CCCC(O)CN1CCN(C(=O)Cc2c(C)noc2C)CC1. The predicted octanol–water partition coefficient (Wildman–Crippen LogP) is 1.31. The number of carbonyl (C=O) groups excluding carboxylic acids is 1. The molecule has 1 aromatic rings. The van der Waals surface area contributed by atoms with Crippen molar-refractivity contribution in [3.63, 3.8) is 0 Å². The van der Waals surface area contributed by atoms with E-state index in [-0.39, 0.29) is 12.0 Å². The highest BCUT2D eigenvalue weighted by Crippen LogP contribution is 2.15. The van der Waals surface area contributed by atoms with E-state index in [0.717, 1.165) is 42.9 Å². The molecule has 6 heteroatoms. The van der Waals surface area contributed by atoms with E-state index in [2.05, 4.69) is 16.6 Å². The summed E-state index contributed by atoms with van der Waals surface area (Å²) in [7, 11) is 0. The van der Waals surface area contributed by atoms with Crippen molar-refractivity contribution >= 4 is 5.91 Å². The summed E-state index contributed by atoms with van der Waals surface area (Å²) in [6, 6.07) is 0. The summed E-state index contributed by atoms with van der Waals surface area (Å²) >= 11 is 0. The zero-order valence-electron chi connectivity index (χ0n) is 14.1. The third-order valence-corrected chi connectivity index (χ3v) is 4.41. The van der Waals surface area contributed by atoms with Crippen LogP contribution in [0.3, 0.4) is 0 Å². The molecule has 0 aromatic carbocycles. The Balaban J connectivity index is 1.77. The fraction of sp³-hybridized carbons (Fsp3) is 0.647. The van der Waals surface area contributed by atoms with Crippen LogP contribution in [0.15, 0.2) is 17.2 Å². The Labute approximate surface area is 137 Å². The second-order valence-electron chi connectivity index (χ2n) is 6.18. The van der Waals surface area contributed by atoms with Crippen molar-refractivity contribution in [2.75, 3.05) is 32.7 Å². The van der Waals surface area contributed by atoms with Gasteiger partial charge in [-0.3, -0.25) is 9.69 Å². The maximum absolute atomic E-state index is 12.4. The van der Waals surface area contributed by atoms with Gasteiger partial charge in [-0.15, -0.1) is 6.58 Å². The van der Waals surface area contributed by atoms with E-state index >= 15 is 0 Å². The number of aliphatic hydroxyl groups excluding tert-OH is 1. The highest BCUT2D eigenvalue weighted by Gasteiger charge is 2.24. The normalized spacial score (nSPS) is 17.3. The van der Waals surface area contributed by atoms with E-state index in [1.54, 1.807) is 0 Å². The molecule has 0 saturated carbocycles. The first-order chi connectivity index (χ1) is 11.0. The van der Waals surface area contributed by atoms with Crippen LogP contribution in [0.2, 0.25) is 0 Å². The Morgan fingerprint density at radius 1 is 1.39 bits per heavy atom. The van der Waals surface area contributed by atoms with Crippen molar-refractivity contribution in [2.24, 2.45) is 0 Å². The lowest BCUT2D eigenvalue weighted by molar-refractivity contribution is -0.132. The van der Waals surface area contributed by atoms with Gasteiger partial charge in [-0.2, -0.15) is 0 Å². The molecule has 1 unspecified atom stereocenters. The van der Waals surface area contributed by atoms with E-state index < -0.39 is 0 Å². The van der Waals surface area contributed by atoms with E-state index in [1.165, 1.54) is 0 Å². The molecule has 0 aliphatic carbocycles. The van der Waals surface area contributed by atoms with Gasteiger partial charge < -0.3 is 14.5 Å². The van der Waals surface area contributed by atoms with Crippen molar-refractivity contribution in [1.29, 1.82) is 0 Å². The molecule has 1 fully saturated rings. The first-order valence-corrected chi connectivity index (χ1v) is 8.22. The number of hydrogen-bond donors (Lipinski definition) is 1. The molecule has 23 heavy (non-hydrogen) atoms. The molecule has 1 aromatic heterocycles. The van der Waals surface area contributed by atoms with Gasteiger partial charge in [-0.25, -0.2) is 0 Å². The molecule has 1 aliphatic heterocycles.